The Morgan fingerprint density at radius 3 is 2.33 bits per heavy atom. The maximum absolute atomic E-state index is 13.3. The zero-order valence-corrected chi connectivity index (χ0v) is 20.9. The number of nitrogens with one attached hydrogen (secondary N) is 1. The van der Waals surface area contributed by atoms with Crippen LogP contribution >= 0.6 is 7.37 Å². The number of aliphatic carboxylic acids is 1. The molecule has 0 heterocycles. The topological polar surface area (TPSA) is 147 Å². The summed E-state index contributed by atoms with van der Waals surface area (Å²) in [5.41, 5.74) is 8.13. The van der Waals surface area contributed by atoms with Crippen molar-refractivity contribution in [3.05, 3.63) is 65.2 Å². The molecule has 1 unspecified atom stereocenters. The number of sulfonamides is 1. The highest BCUT2D eigenvalue weighted by Crippen LogP contribution is 2.51. The van der Waals surface area contributed by atoms with E-state index in [4.69, 9.17) is 5.73 Å². The van der Waals surface area contributed by atoms with Crippen LogP contribution in [-0.2, 0) is 25.8 Å². The minimum Gasteiger partial charge on any atom is -0.481 e. The molecule has 0 spiro atoms. The third kappa shape index (κ3) is 7.67. The van der Waals surface area contributed by atoms with Crippen LogP contribution in [0.25, 0.3) is 0 Å². The molecule has 0 aromatic heterocycles. The maximum atomic E-state index is 13.3. The van der Waals surface area contributed by atoms with Crippen molar-refractivity contribution < 1.29 is 27.8 Å². The molecule has 5 N–H and O–H groups in total. The van der Waals surface area contributed by atoms with E-state index in [1.165, 1.54) is 0 Å². The smallest absolute Gasteiger partial charge is 0.311 e. The molecule has 10 heteroatoms. The lowest BCUT2D eigenvalue weighted by atomic mass is 9.95. The standard InChI is InChI=1S/C23H33N2O6PS/c1-16(2)22(25-33(30,31)14-8-11-18-9-5-4-6-10-18)32(28,29)15-20(23(26)27)19-12-7-13-21(24)17(19)3/h4-7,9-10,12-13,16,20,22,25H,8,11,14-15,24H2,1-3H3,(H,26,27)(H,28,29)/t20-,22-/m1/s1. The lowest BCUT2D eigenvalue weighted by Crippen LogP contribution is -2.41. The molecule has 2 aromatic rings. The van der Waals surface area contributed by atoms with Crippen LogP contribution < -0.4 is 10.5 Å². The average Bonchev–Trinajstić information content (AvgIpc) is 2.73. The molecule has 0 amide bonds. The number of hydrogen-bond donors (Lipinski definition) is 4. The van der Waals surface area contributed by atoms with Crippen LogP contribution in [0.5, 0.6) is 0 Å². The van der Waals surface area contributed by atoms with E-state index in [1.807, 2.05) is 30.3 Å². The summed E-state index contributed by atoms with van der Waals surface area (Å²) in [7, 11) is -8.13. The van der Waals surface area contributed by atoms with Gasteiger partial charge in [-0.15, -0.1) is 0 Å². The van der Waals surface area contributed by atoms with E-state index in [9.17, 15) is 27.8 Å². The Bertz CT molecular complexity index is 1110. The summed E-state index contributed by atoms with van der Waals surface area (Å²) in [6.07, 6.45) is 0.294. The van der Waals surface area contributed by atoms with E-state index < -0.39 is 47.1 Å². The summed E-state index contributed by atoms with van der Waals surface area (Å²) in [6, 6.07) is 14.2. The lowest BCUT2D eigenvalue weighted by molar-refractivity contribution is -0.138. The summed E-state index contributed by atoms with van der Waals surface area (Å²) in [5.74, 6) is -4.61. The molecule has 0 aliphatic rings. The van der Waals surface area contributed by atoms with Gasteiger partial charge in [0.15, 0.2) is 0 Å². The van der Waals surface area contributed by atoms with Crippen molar-refractivity contribution >= 4 is 29.0 Å². The van der Waals surface area contributed by atoms with Gasteiger partial charge >= 0.3 is 5.97 Å². The van der Waals surface area contributed by atoms with Crippen molar-refractivity contribution in [2.24, 2.45) is 5.92 Å². The quantitative estimate of drug-likeness (QED) is 0.259. The first-order valence-corrected chi connectivity index (χ1v) is 14.3. The fraction of sp³-hybridized carbons (Fsp3) is 0.435. The number of nitrogen functional groups attached to an aromatic ring is 1. The predicted octanol–water partition coefficient (Wildman–Crippen LogP) is 3.55. The third-order valence-corrected chi connectivity index (χ3v) is 9.72. The Kier molecular flexibility index (Phi) is 9.26. The molecule has 0 fully saturated rings. The van der Waals surface area contributed by atoms with Gasteiger partial charge in [0.05, 0.1) is 11.7 Å². The van der Waals surface area contributed by atoms with Crippen molar-refractivity contribution in [1.82, 2.24) is 4.72 Å². The van der Waals surface area contributed by atoms with Crippen LogP contribution in [0.1, 0.15) is 42.9 Å². The number of aryl methyl sites for hydroxylation is 1. The van der Waals surface area contributed by atoms with Gasteiger partial charge in [0.2, 0.25) is 17.4 Å². The van der Waals surface area contributed by atoms with Crippen LogP contribution in [0, 0.1) is 12.8 Å². The minimum absolute atomic E-state index is 0.207. The van der Waals surface area contributed by atoms with E-state index in [0.717, 1.165) is 5.56 Å². The van der Waals surface area contributed by atoms with Gasteiger partial charge in [0.1, 0.15) is 5.78 Å². The summed E-state index contributed by atoms with van der Waals surface area (Å²) >= 11 is 0. The molecule has 8 nitrogen and oxygen atoms in total. The summed E-state index contributed by atoms with van der Waals surface area (Å²) in [6.45, 7) is 4.90. The minimum atomic E-state index is -4.27. The van der Waals surface area contributed by atoms with E-state index in [0.29, 0.717) is 29.7 Å². The Morgan fingerprint density at radius 1 is 1.12 bits per heavy atom. The van der Waals surface area contributed by atoms with Crippen molar-refractivity contribution in [2.75, 3.05) is 17.6 Å². The third-order valence-electron chi connectivity index (χ3n) is 5.62. The van der Waals surface area contributed by atoms with Gasteiger partial charge < -0.3 is 15.7 Å². The molecule has 2 rings (SSSR count). The zero-order chi connectivity index (χ0) is 24.8. The normalized spacial score (nSPS) is 15.7. The molecule has 0 aliphatic heterocycles. The van der Waals surface area contributed by atoms with E-state index >= 15 is 0 Å². The Labute approximate surface area is 195 Å². The van der Waals surface area contributed by atoms with Crippen LogP contribution in [-0.4, -0.2) is 42.1 Å². The molecule has 2 aromatic carbocycles. The Morgan fingerprint density at radius 2 is 1.76 bits per heavy atom. The van der Waals surface area contributed by atoms with Gasteiger partial charge in [-0.3, -0.25) is 9.36 Å². The maximum Gasteiger partial charge on any atom is 0.311 e. The summed E-state index contributed by atoms with van der Waals surface area (Å²) in [4.78, 5) is 22.9. The first kappa shape index (κ1) is 27.1. The number of carbonyl (C=O) groups is 1. The highest BCUT2D eigenvalue weighted by molar-refractivity contribution is 7.89. The molecule has 33 heavy (non-hydrogen) atoms. The largest absolute Gasteiger partial charge is 0.481 e. The second-order valence-electron chi connectivity index (χ2n) is 8.61. The lowest BCUT2D eigenvalue weighted by Gasteiger charge is -2.29. The van der Waals surface area contributed by atoms with E-state index in [-0.39, 0.29) is 5.75 Å². The van der Waals surface area contributed by atoms with Crippen molar-refractivity contribution in [3.8, 4) is 0 Å². The van der Waals surface area contributed by atoms with Crippen LogP contribution in [0.4, 0.5) is 5.69 Å². The van der Waals surface area contributed by atoms with Crippen LogP contribution in [0.15, 0.2) is 48.5 Å². The summed E-state index contributed by atoms with van der Waals surface area (Å²) in [5, 5.41) is 9.77. The molecule has 0 saturated heterocycles. The van der Waals surface area contributed by atoms with E-state index in [1.54, 1.807) is 39.0 Å². The van der Waals surface area contributed by atoms with Crippen molar-refractivity contribution in [2.45, 2.75) is 45.3 Å². The number of nitrogens with two attached hydrogens (primary N) is 1. The highest BCUT2D eigenvalue weighted by atomic mass is 32.2. The number of hydrogen-bond acceptors (Lipinski definition) is 5. The molecule has 0 aliphatic carbocycles. The molecule has 0 bridgehead atoms. The first-order valence-electron chi connectivity index (χ1n) is 10.8. The average molecular weight is 497 g/mol. The number of carboxylic acids is 1. The molecule has 3 atom stereocenters. The fourth-order valence-electron chi connectivity index (χ4n) is 3.77. The van der Waals surface area contributed by atoms with Crippen molar-refractivity contribution in [1.29, 1.82) is 0 Å². The molecule has 0 saturated carbocycles. The summed E-state index contributed by atoms with van der Waals surface area (Å²) < 4.78 is 41.1. The molecule has 182 valence electrons. The predicted molar refractivity (Wildman–Crippen MR) is 131 cm³/mol. The molecular formula is C23H33N2O6PS. The number of anilines is 1. The monoisotopic (exact) mass is 496 g/mol. The zero-order valence-electron chi connectivity index (χ0n) is 19.1. The number of carboxylic acid groups (broad SMARTS) is 1. The molecular weight excluding hydrogens is 463 g/mol. The number of rotatable bonds is 12. The number of benzene rings is 2. The fourth-order valence-corrected chi connectivity index (χ4v) is 8.23. The van der Waals surface area contributed by atoms with Crippen molar-refractivity contribution in [3.63, 3.8) is 0 Å². The highest BCUT2D eigenvalue weighted by Gasteiger charge is 2.40. The van der Waals surface area contributed by atoms with Gasteiger partial charge in [-0.25, -0.2) is 13.1 Å². The van der Waals surface area contributed by atoms with Gasteiger partial charge in [0, 0.05) is 11.8 Å². The molecule has 0 radical (unpaired) electrons. The Hall–Kier alpha value is -2.19. The first-order chi connectivity index (χ1) is 15.3. The van der Waals surface area contributed by atoms with E-state index in [2.05, 4.69) is 4.72 Å². The van der Waals surface area contributed by atoms with Crippen LogP contribution in [0.3, 0.4) is 0 Å². The Balaban J connectivity index is 2.18. The van der Waals surface area contributed by atoms with Gasteiger partial charge in [-0.2, -0.15) is 0 Å². The SMILES string of the molecule is Cc1c(N)cccc1[C@@H](CP(=O)(O)[C@@H](NS(=O)(=O)CCCc1ccccc1)C(C)C)C(=O)O. The second-order valence-corrected chi connectivity index (χ2v) is 12.9. The van der Waals surface area contributed by atoms with Crippen LogP contribution in [0.2, 0.25) is 0 Å². The second kappa shape index (κ2) is 11.3. The van der Waals surface area contributed by atoms with Gasteiger partial charge in [-0.1, -0.05) is 56.3 Å². The van der Waals surface area contributed by atoms with Gasteiger partial charge in [0.25, 0.3) is 0 Å². The van der Waals surface area contributed by atoms with Gasteiger partial charge in [-0.05, 0) is 48.4 Å².